The maximum absolute atomic E-state index is 8.49. The van der Waals surface area contributed by atoms with Crippen LogP contribution >= 0.6 is 0 Å². The fraction of sp³-hybridized carbons (Fsp3) is 0.652. The second-order valence-electron chi connectivity index (χ2n) is 7.95. The number of rotatable bonds is 13. The molecule has 0 bridgehead atoms. The summed E-state index contributed by atoms with van der Waals surface area (Å²) < 4.78 is 41.8. The van der Waals surface area contributed by atoms with E-state index < -0.39 is 10.2 Å². The van der Waals surface area contributed by atoms with E-state index in [1.165, 1.54) is 56.1 Å². The Morgan fingerprint density at radius 1 is 0.903 bits per heavy atom. The number of hydrogen-bond donors (Lipinski definition) is 0. The largest absolute Gasteiger partial charge is 0.494 e. The summed E-state index contributed by atoms with van der Waals surface area (Å²) in [5.41, 5.74) is 2.39. The average molecular weight is 459 g/mol. The van der Waals surface area contributed by atoms with Crippen molar-refractivity contribution in [3.8, 4) is 5.75 Å². The molecule has 0 N–H and O–H groups in total. The lowest BCUT2D eigenvalue weighted by Gasteiger charge is -2.17. The molecule has 0 aliphatic rings. The van der Waals surface area contributed by atoms with Crippen LogP contribution in [0.25, 0.3) is 5.57 Å². The highest BCUT2D eigenvalue weighted by Gasteiger charge is 2.07. The Hall–Kier alpha value is -1.44. The fourth-order valence-electron chi connectivity index (χ4n) is 2.96. The van der Waals surface area contributed by atoms with Gasteiger partial charge in [0.2, 0.25) is 0 Å². The van der Waals surface area contributed by atoms with Crippen LogP contribution in [0.2, 0.25) is 0 Å². The van der Waals surface area contributed by atoms with E-state index >= 15 is 0 Å². The van der Waals surface area contributed by atoms with E-state index in [1.807, 2.05) is 18.7 Å². The van der Waals surface area contributed by atoms with Gasteiger partial charge < -0.3 is 9.64 Å². The number of hydrogen-bond acceptors (Lipinski definition) is 6. The molecule has 0 saturated heterocycles. The Labute approximate surface area is 190 Å². The number of nitrogens with zero attached hydrogens (tertiary/aromatic N) is 2. The number of halogens is 1. The van der Waals surface area contributed by atoms with E-state index in [9.17, 15) is 0 Å². The van der Waals surface area contributed by atoms with E-state index in [0.29, 0.717) is 0 Å². The van der Waals surface area contributed by atoms with E-state index in [1.54, 1.807) is 0 Å². The smallest absolute Gasteiger partial charge is 0.172 e. The summed E-state index contributed by atoms with van der Waals surface area (Å²) in [4.78, 5) is 2.17. The minimum absolute atomic E-state index is 0.818. The first-order valence-electron chi connectivity index (χ1n) is 10.8. The Bertz CT molecular complexity index is 641. The van der Waals surface area contributed by atoms with Crippen molar-refractivity contribution in [3.63, 3.8) is 0 Å². The lowest BCUT2D eigenvalue weighted by Crippen LogP contribution is -2.68. The Balaban J connectivity index is 0.00000161. The van der Waals surface area contributed by atoms with Crippen molar-refractivity contribution < 1.29 is 38.2 Å². The normalized spacial score (nSPS) is 10.9. The molecule has 0 amide bonds. The molecule has 178 valence electrons. The van der Waals surface area contributed by atoms with Gasteiger partial charge in [-0.1, -0.05) is 64.0 Å². The van der Waals surface area contributed by atoms with Gasteiger partial charge in [-0.2, -0.15) is 4.58 Å². The molecule has 0 fully saturated rings. The number of likely N-dealkylation sites (N-methyl/N-ethyl adjacent to an activating group) is 1. The monoisotopic (exact) mass is 458 g/mol. The van der Waals surface area contributed by atoms with Crippen molar-refractivity contribution >= 4 is 11.4 Å². The second-order valence-corrected chi connectivity index (χ2v) is 8.70. The van der Waals surface area contributed by atoms with E-state index in [-0.39, 0.29) is 0 Å². The average Bonchev–Trinajstić information content (AvgIpc) is 2.64. The van der Waals surface area contributed by atoms with Gasteiger partial charge >= 0.3 is 0 Å². The molecule has 1 aromatic rings. The molecular weight excluding hydrogens is 420 g/mol. The Morgan fingerprint density at radius 3 is 1.84 bits per heavy atom. The molecule has 31 heavy (non-hydrogen) atoms. The van der Waals surface area contributed by atoms with Crippen molar-refractivity contribution in [1.29, 1.82) is 0 Å². The molecule has 7 nitrogen and oxygen atoms in total. The predicted octanol–water partition coefficient (Wildman–Crippen LogP) is 0.337. The molecular formula is C23H39ClN2O5. The number of unbranched alkanes of at least 4 members (excludes halogenated alkanes) is 7. The SMILES string of the molecule is CCCCCCCCCCOc1ccc(C(=C=[N+](C)C)CN(C)C)cc1.[O-][Cl+3]([O-])([O-])[O-]. The highest BCUT2D eigenvalue weighted by Crippen LogP contribution is 2.18. The van der Waals surface area contributed by atoms with Crippen LogP contribution in [0.4, 0.5) is 0 Å². The third-order valence-corrected chi connectivity index (χ3v) is 4.30. The van der Waals surface area contributed by atoms with Crippen molar-refractivity contribution in [3.05, 3.63) is 29.8 Å². The van der Waals surface area contributed by atoms with Gasteiger partial charge in [0.1, 0.15) is 19.8 Å². The first-order valence-corrected chi connectivity index (χ1v) is 12.1. The van der Waals surface area contributed by atoms with Crippen LogP contribution in [0, 0.1) is 10.2 Å². The highest BCUT2D eigenvalue weighted by atomic mass is 35.7. The molecule has 0 radical (unpaired) electrons. The molecule has 0 unspecified atom stereocenters. The zero-order valence-corrected chi connectivity index (χ0v) is 20.5. The molecule has 0 aliphatic heterocycles. The molecule has 1 aromatic carbocycles. The van der Waals surface area contributed by atoms with Crippen LogP contribution in [0.3, 0.4) is 0 Å². The third-order valence-electron chi connectivity index (χ3n) is 4.30. The summed E-state index contributed by atoms with van der Waals surface area (Å²) in [5.74, 6) is 4.36. The van der Waals surface area contributed by atoms with Gasteiger partial charge in [0.25, 0.3) is 0 Å². The molecule has 0 aliphatic carbocycles. The molecule has 0 heterocycles. The van der Waals surface area contributed by atoms with Gasteiger partial charge in [-0.25, -0.2) is 18.6 Å². The predicted molar refractivity (Wildman–Crippen MR) is 114 cm³/mol. The molecule has 8 heteroatoms. The van der Waals surface area contributed by atoms with Crippen LogP contribution in [0.1, 0.15) is 63.9 Å². The van der Waals surface area contributed by atoms with Crippen LogP contribution in [-0.2, 0) is 0 Å². The maximum Gasteiger partial charge on any atom is 0.172 e. The summed E-state index contributed by atoms with van der Waals surface area (Å²) in [6.45, 7) is 3.96. The highest BCUT2D eigenvalue weighted by molar-refractivity contribution is 5.88. The summed E-state index contributed by atoms with van der Waals surface area (Å²) in [7, 11) is 3.24. The van der Waals surface area contributed by atoms with Gasteiger partial charge in [-0.05, 0) is 38.2 Å². The zero-order valence-electron chi connectivity index (χ0n) is 19.7. The summed E-state index contributed by atoms with van der Waals surface area (Å²) in [6, 6.07) is 8.43. The van der Waals surface area contributed by atoms with Crippen LogP contribution in [0.15, 0.2) is 24.3 Å². The topological polar surface area (TPSA) is 108 Å². The van der Waals surface area contributed by atoms with Crippen LogP contribution < -0.4 is 23.4 Å². The van der Waals surface area contributed by atoms with E-state index in [0.717, 1.165) is 25.3 Å². The summed E-state index contributed by atoms with van der Waals surface area (Å²) >= 11 is 0. The first-order chi connectivity index (χ1) is 14.5. The van der Waals surface area contributed by atoms with Gasteiger partial charge in [-0.15, -0.1) is 10.2 Å². The first kappa shape index (κ1) is 29.6. The standard InChI is InChI=1S/C23H39N2O.ClHO4/c1-6-7-8-9-10-11-12-13-18-26-23-16-14-21(15-17-23)22(19-24(2)3)20-25(4)5;2-1(3,4)5/h14-17H,6-13,18-19H2,1-5H3;(H,2,3,4,5)/q+1;/p-1. The molecule has 0 atom stereocenters. The second kappa shape index (κ2) is 17.2. The molecule has 0 spiro atoms. The van der Waals surface area contributed by atoms with Crippen molar-refractivity contribution in [2.24, 2.45) is 0 Å². The zero-order chi connectivity index (χ0) is 23.7. The lowest BCUT2D eigenvalue weighted by molar-refractivity contribution is -2.00. The van der Waals surface area contributed by atoms with E-state index in [2.05, 4.69) is 56.1 Å². The summed E-state index contributed by atoms with van der Waals surface area (Å²) in [5, 5.41) is 0. The fourth-order valence-corrected chi connectivity index (χ4v) is 2.96. The molecule has 0 saturated carbocycles. The quantitative estimate of drug-likeness (QED) is 0.239. The minimum atomic E-state index is -4.94. The van der Waals surface area contributed by atoms with Gasteiger partial charge in [0, 0.05) is 6.54 Å². The Kier molecular flexibility index (Phi) is 16.4. The minimum Gasteiger partial charge on any atom is -0.494 e. The van der Waals surface area contributed by atoms with Crippen LogP contribution in [0.5, 0.6) is 5.75 Å². The van der Waals surface area contributed by atoms with Gasteiger partial charge in [0.05, 0.1) is 12.2 Å². The summed E-state index contributed by atoms with van der Waals surface area (Å²) in [6.07, 6.45) is 10.6. The van der Waals surface area contributed by atoms with E-state index in [4.69, 9.17) is 23.4 Å². The number of benzene rings is 1. The van der Waals surface area contributed by atoms with Crippen molar-refractivity contribution in [2.75, 3.05) is 41.3 Å². The van der Waals surface area contributed by atoms with Crippen LogP contribution in [-0.4, -0.2) is 56.7 Å². The Morgan fingerprint density at radius 2 is 1.39 bits per heavy atom. The van der Waals surface area contributed by atoms with Gasteiger partial charge in [-0.3, -0.25) is 0 Å². The number of ether oxygens (including phenoxy) is 1. The lowest BCUT2D eigenvalue weighted by atomic mass is 10.1. The van der Waals surface area contributed by atoms with Gasteiger partial charge in [0.15, 0.2) is 5.87 Å². The van der Waals surface area contributed by atoms with Crippen molar-refractivity contribution in [1.82, 2.24) is 4.90 Å². The third kappa shape index (κ3) is 20.2. The molecule has 1 rings (SSSR count). The van der Waals surface area contributed by atoms with Crippen molar-refractivity contribution in [2.45, 2.75) is 58.3 Å². The molecule has 0 aromatic heterocycles. The maximum atomic E-state index is 8.49.